The third-order valence-electron chi connectivity index (χ3n) is 5.91. The molecule has 1 heterocycles. The number of ether oxygens (including phenoxy) is 1. The van der Waals surface area contributed by atoms with Gasteiger partial charge in [-0.25, -0.2) is 9.78 Å². The van der Waals surface area contributed by atoms with Crippen LogP contribution in [0, 0.1) is 0 Å². The lowest BCUT2D eigenvalue weighted by molar-refractivity contribution is -0.119. The van der Waals surface area contributed by atoms with Gasteiger partial charge in [-0.1, -0.05) is 70.7 Å². The summed E-state index contributed by atoms with van der Waals surface area (Å²) in [5, 5.41) is 5.00. The van der Waals surface area contributed by atoms with Gasteiger partial charge in [0.15, 0.2) is 6.61 Å². The second-order valence-corrected chi connectivity index (χ2v) is 10.1. The van der Waals surface area contributed by atoms with Crippen molar-refractivity contribution < 1.29 is 14.3 Å². The fourth-order valence-electron chi connectivity index (χ4n) is 4.34. The number of amides is 1. The fourth-order valence-corrected chi connectivity index (χ4v) is 5.17. The number of pyridine rings is 1. The molecule has 5 nitrogen and oxygen atoms in total. The predicted octanol–water partition coefficient (Wildman–Crippen LogP) is 8.13. The van der Waals surface area contributed by atoms with Crippen LogP contribution in [-0.4, -0.2) is 23.5 Å². The van der Waals surface area contributed by atoms with Gasteiger partial charge < -0.3 is 10.1 Å². The Morgan fingerprint density at radius 1 is 0.919 bits per heavy atom. The highest BCUT2D eigenvalue weighted by molar-refractivity contribution is 6.42. The summed E-state index contributed by atoms with van der Waals surface area (Å²) >= 11 is 24.2. The van der Waals surface area contributed by atoms with Crippen LogP contribution >= 0.6 is 46.4 Å². The lowest BCUT2D eigenvalue weighted by Crippen LogP contribution is -2.21. The first-order valence-corrected chi connectivity index (χ1v) is 12.8. The Balaban J connectivity index is 1.43. The summed E-state index contributed by atoms with van der Waals surface area (Å²) in [6, 6.07) is 17.4. The second-order valence-electron chi connectivity index (χ2n) is 8.46. The Morgan fingerprint density at radius 2 is 1.68 bits per heavy atom. The zero-order valence-corrected chi connectivity index (χ0v) is 22.2. The van der Waals surface area contributed by atoms with Crippen molar-refractivity contribution in [2.45, 2.75) is 12.8 Å². The minimum atomic E-state index is -0.593. The van der Waals surface area contributed by atoms with E-state index in [-0.39, 0.29) is 0 Å². The number of hydrogen-bond acceptors (Lipinski definition) is 4. The highest BCUT2D eigenvalue weighted by atomic mass is 35.5. The SMILES string of the molecule is O=C(COC(=O)c1c2c(nc3ccccc13)/C(=C\c1ccc(Cl)c(Cl)c1)CC2)Nc1cc(Cl)cc(Cl)c1. The molecule has 0 spiro atoms. The minimum absolute atomic E-state index is 0.378. The number of benzene rings is 3. The van der Waals surface area contributed by atoms with E-state index in [2.05, 4.69) is 5.32 Å². The number of nitrogens with one attached hydrogen (secondary N) is 1. The van der Waals surface area contributed by atoms with Crippen LogP contribution in [0.25, 0.3) is 22.6 Å². The van der Waals surface area contributed by atoms with E-state index in [9.17, 15) is 9.59 Å². The Bertz CT molecular complexity index is 1580. The van der Waals surface area contributed by atoms with Crippen LogP contribution in [-0.2, 0) is 16.0 Å². The first-order valence-electron chi connectivity index (χ1n) is 11.3. The molecule has 1 aliphatic rings. The number of carbonyl (C=O) groups is 2. The fraction of sp³-hybridized carbons (Fsp3) is 0.107. The largest absolute Gasteiger partial charge is 0.452 e. The Hall–Kier alpha value is -3.09. The number of fused-ring (bicyclic) bond motifs is 2. The van der Waals surface area contributed by atoms with E-state index in [0.717, 1.165) is 22.4 Å². The van der Waals surface area contributed by atoms with E-state index < -0.39 is 18.5 Å². The third-order valence-corrected chi connectivity index (χ3v) is 7.09. The van der Waals surface area contributed by atoms with Crippen molar-refractivity contribution in [3.05, 3.63) is 103 Å². The first kappa shape index (κ1) is 25.6. The second kappa shape index (κ2) is 10.7. The van der Waals surface area contributed by atoms with Crippen LogP contribution < -0.4 is 5.32 Å². The molecule has 1 aromatic heterocycles. The van der Waals surface area contributed by atoms with E-state index in [1.54, 1.807) is 30.3 Å². The highest BCUT2D eigenvalue weighted by Crippen LogP contribution is 2.38. The molecule has 0 unspecified atom stereocenters. The average Bonchev–Trinajstić information content (AvgIpc) is 3.24. The maximum Gasteiger partial charge on any atom is 0.339 e. The van der Waals surface area contributed by atoms with E-state index in [1.807, 2.05) is 36.4 Å². The van der Waals surface area contributed by atoms with Crippen LogP contribution in [0.3, 0.4) is 0 Å². The van der Waals surface area contributed by atoms with Gasteiger partial charge in [-0.15, -0.1) is 0 Å². The Morgan fingerprint density at radius 3 is 2.43 bits per heavy atom. The van der Waals surface area contributed by atoms with Crippen LogP contribution in [0.1, 0.15) is 33.6 Å². The van der Waals surface area contributed by atoms with Crippen molar-refractivity contribution in [2.24, 2.45) is 0 Å². The highest BCUT2D eigenvalue weighted by Gasteiger charge is 2.28. The molecule has 4 aromatic rings. The number of esters is 1. The maximum absolute atomic E-state index is 13.3. The van der Waals surface area contributed by atoms with Crippen molar-refractivity contribution in [2.75, 3.05) is 11.9 Å². The molecule has 9 heteroatoms. The maximum atomic E-state index is 13.3. The molecular formula is C28H18Cl4N2O3. The molecule has 1 amide bonds. The van der Waals surface area contributed by atoms with Crippen molar-refractivity contribution in [1.29, 1.82) is 0 Å². The van der Waals surface area contributed by atoms with Crippen molar-refractivity contribution in [1.82, 2.24) is 4.98 Å². The number of aromatic nitrogens is 1. The minimum Gasteiger partial charge on any atom is -0.452 e. The van der Waals surface area contributed by atoms with Gasteiger partial charge in [0.25, 0.3) is 5.91 Å². The number of nitrogens with zero attached hydrogens (tertiary/aromatic N) is 1. The van der Waals surface area contributed by atoms with Gasteiger partial charge in [-0.2, -0.15) is 0 Å². The first-order chi connectivity index (χ1) is 17.8. The van der Waals surface area contributed by atoms with Crippen LogP contribution in [0.4, 0.5) is 5.69 Å². The number of rotatable bonds is 5. The van der Waals surface area contributed by atoms with Crippen molar-refractivity contribution >= 4 is 86.5 Å². The molecule has 0 saturated carbocycles. The summed E-state index contributed by atoms with van der Waals surface area (Å²) in [7, 11) is 0. The standard InChI is InChI=1S/C28H18Cl4N2O3/c29-17-11-18(30)13-19(12-17)33-25(35)14-37-28(36)26-20-3-1-2-4-24(20)34-27-16(6-7-21(26)27)9-15-5-8-22(31)23(32)10-15/h1-5,8-13H,6-7,14H2,(H,33,35)/b16-9-. The Labute approximate surface area is 233 Å². The van der Waals surface area contributed by atoms with Gasteiger partial charge in [0.05, 0.1) is 26.8 Å². The predicted molar refractivity (Wildman–Crippen MR) is 150 cm³/mol. The van der Waals surface area contributed by atoms with Gasteiger partial charge in [0.2, 0.25) is 0 Å². The third kappa shape index (κ3) is 5.60. The zero-order chi connectivity index (χ0) is 26.1. The molecule has 0 bridgehead atoms. The molecule has 0 saturated heterocycles. The summed E-state index contributed by atoms with van der Waals surface area (Å²) in [6.45, 7) is -0.472. The van der Waals surface area contributed by atoms with Crippen LogP contribution in [0.5, 0.6) is 0 Å². The number of hydrogen-bond donors (Lipinski definition) is 1. The van der Waals surface area contributed by atoms with Crippen LogP contribution in [0.15, 0.2) is 60.7 Å². The molecule has 37 heavy (non-hydrogen) atoms. The van der Waals surface area contributed by atoms with E-state index in [4.69, 9.17) is 56.1 Å². The van der Waals surface area contributed by atoms with E-state index in [0.29, 0.717) is 55.1 Å². The van der Waals surface area contributed by atoms with Gasteiger partial charge in [0, 0.05) is 21.1 Å². The Kier molecular flexibility index (Phi) is 7.40. The summed E-state index contributed by atoms with van der Waals surface area (Å²) in [5.74, 6) is -1.10. The summed E-state index contributed by atoms with van der Waals surface area (Å²) in [6.07, 6.45) is 3.29. The van der Waals surface area contributed by atoms with Crippen LogP contribution in [0.2, 0.25) is 20.1 Å². The van der Waals surface area contributed by atoms with E-state index in [1.165, 1.54) is 0 Å². The average molecular weight is 572 g/mol. The molecule has 3 aromatic carbocycles. The quantitative estimate of drug-likeness (QED) is 0.245. The topological polar surface area (TPSA) is 68.3 Å². The monoisotopic (exact) mass is 570 g/mol. The molecule has 0 atom stereocenters. The van der Waals surface area contributed by atoms with Crippen molar-refractivity contribution in [3.8, 4) is 0 Å². The molecule has 1 N–H and O–H groups in total. The summed E-state index contributed by atoms with van der Waals surface area (Å²) < 4.78 is 5.44. The van der Waals surface area contributed by atoms with Gasteiger partial charge >= 0.3 is 5.97 Å². The molecular weight excluding hydrogens is 554 g/mol. The zero-order valence-electron chi connectivity index (χ0n) is 19.2. The summed E-state index contributed by atoms with van der Waals surface area (Å²) in [5.41, 5.74) is 4.86. The van der Waals surface area contributed by atoms with Gasteiger partial charge in [0.1, 0.15) is 0 Å². The molecule has 0 aliphatic heterocycles. The number of allylic oxidation sites excluding steroid dienone is 1. The molecule has 186 valence electrons. The number of carbonyl (C=O) groups excluding carboxylic acids is 2. The van der Waals surface area contributed by atoms with Gasteiger partial charge in [-0.05, 0) is 72.0 Å². The molecule has 0 fully saturated rings. The normalized spacial score (nSPS) is 13.6. The number of anilines is 1. The number of halogens is 4. The van der Waals surface area contributed by atoms with Crippen molar-refractivity contribution in [3.63, 3.8) is 0 Å². The molecule has 5 rings (SSSR count). The lowest BCUT2D eigenvalue weighted by Gasteiger charge is -2.13. The summed E-state index contributed by atoms with van der Waals surface area (Å²) in [4.78, 5) is 30.6. The van der Waals surface area contributed by atoms with Gasteiger partial charge in [-0.3, -0.25) is 4.79 Å². The molecule has 1 aliphatic carbocycles. The molecule has 0 radical (unpaired) electrons. The lowest BCUT2D eigenvalue weighted by atomic mass is 10.0. The van der Waals surface area contributed by atoms with E-state index >= 15 is 0 Å². The smallest absolute Gasteiger partial charge is 0.339 e. The number of para-hydroxylation sites is 1.